The van der Waals surface area contributed by atoms with Crippen LogP contribution in [0.3, 0.4) is 0 Å². The molecule has 0 radical (unpaired) electrons. The minimum atomic E-state index is -4.59. The third kappa shape index (κ3) is 3.01. The van der Waals surface area contributed by atoms with E-state index >= 15 is 0 Å². The van der Waals surface area contributed by atoms with Gasteiger partial charge in [-0.3, -0.25) is 9.67 Å². The first-order valence-corrected chi connectivity index (χ1v) is 6.83. The van der Waals surface area contributed by atoms with Gasteiger partial charge in [0.2, 0.25) is 0 Å². The minimum Gasteiger partial charge on any atom is -0.380 e. The molecule has 0 saturated carbocycles. The zero-order chi connectivity index (χ0) is 17.5. The number of aryl methyl sites for hydroxylation is 1. The van der Waals surface area contributed by atoms with Gasteiger partial charge >= 0.3 is 6.18 Å². The van der Waals surface area contributed by atoms with E-state index in [1.807, 2.05) is 0 Å². The summed E-state index contributed by atoms with van der Waals surface area (Å²) in [6, 6.07) is 3.20. The van der Waals surface area contributed by atoms with Gasteiger partial charge in [0.15, 0.2) is 11.5 Å². The fraction of sp³-hybridized carbons (Fsp3) is 0.200. The number of alkyl halides is 3. The highest BCUT2D eigenvalue weighted by atomic mass is 19.4. The molecule has 0 saturated heterocycles. The van der Waals surface area contributed by atoms with Crippen molar-refractivity contribution in [2.24, 2.45) is 7.05 Å². The SMILES string of the molecule is Cn1cc(CNc2ccnc3c(F)cc(F)cc23)c(C(F)(F)F)n1. The van der Waals surface area contributed by atoms with Crippen molar-refractivity contribution >= 4 is 16.6 Å². The Morgan fingerprint density at radius 1 is 1.21 bits per heavy atom. The summed E-state index contributed by atoms with van der Waals surface area (Å²) in [4.78, 5) is 3.82. The standard InChI is InChI=1S/C15H11F5N4/c1-24-7-8(14(23-24)15(18,19)20)6-22-12-2-3-21-13-10(12)4-9(16)5-11(13)17/h2-5,7H,6H2,1H3,(H,21,22). The summed E-state index contributed by atoms with van der Waals surface area (Å²) in [7, 11) is 1.38. The molecule has 0 aliphatic carbocycles. The molecule has 3 rings (SSSR count). The molecule has 0 spiro atoms. The molecule has 3 aromatic rings. The minimum absolute atomic E-state index is 0.0661. The molecule has 0 atom stereocenters. The molecule has 9 heteroatoms. The predicted molar refractivity (Wildman–Crippen MR) is 77.2 cm³/mol. The van der Waals surface area contributed by atoms with Crippen LogP contribution < -0.4 is 5.32 Å². The number of fused-ring (bicyclic) bond motifs is 1. The fourth-order valence-corrected chi connectivity index (χ4v) is 2.43. The van der Waals surface area contributed by atoms with Crippen LogP contribution in [0.25, 0.3) is 10.9 Å². The van der Waals surface area contributed by atoms with Crippen molar-refractivity contribution in [2.45, 2.75) is 12.7 Å². The number of halogens is 5. The molecule has 0 unspecified atom stereocenters. The summed E-state index contributed by atoms with van der Waals surface area (Å²) < 4.78 is 67.0. The molecule has 2 aromatic heterocycles. The molecule has 0 bridgehead atoms. The predicted octanol–water partition coefficient (Wildman–Crippen LogP) is 3.88. The average molecular weight is 342 g/mol. The number of aromatic nitrogens is 3. The summed E-state index contributed by atoms with van der Waals surface area (Å²) >= 11 is 0. The first-order chi connectivity index (χ1) is 11.3. The Morgan fingerprint density at radius 2 is 1.96 bits per heavy atom. The summed E-state index contributed by atoms with van der Waals surface area (Å²) in [5.74, 6) is -1.64. The third-order valence-corrected chi connectivity index (χ3v) is 3.41. The average Bonchev–Trinajstić information content (AvgIpc) is 2.86. The second-order valence-corrected chi connectivity index (χ2v) is 5.17. The quantitative estimate of drug-likeness (QED) is 0.735. The van der Waals surface area contributed by atoms with E-state index in [0.717, 1.165) is 10.7 Å². The van der Waals surface area contributed by atoms with Gasteiger partial charge in [0.25, 0.3) is 0 Å². The number of hydrogen-bond donors (Lipinski definition) is 1. The van der Waals surface area contributed by atoms with E-state index in [9.17, 15) is 22.0 Å². The van der Waals surface area contributed by atoms with Crippen molar-refractivity contribution in [1.29, 1.82) is 0 Å². The molecule has 0 fully saturated rings. The topological polar surface area (TPSA) is 42.7 Å². The van der Waals surface area contributed by atoms with E-state index in [4.69, 9.17) is 0 Å². The molecule has 2 heterocycles. The number of hydrogen-bond acceptors (Lipinski definition) is 3. The Morgan fingerprint density at radius 3 is 2.67 bits per heavy atom. The number of nitrogens with one attached hydrogen (secondary N) is 1. The Hall–Kier alpha value is -2.71. The second-order valence-electron chi connectivity index (χ2n) is 5.17. The van der Waals surface area contributed by atoms with Gasteiger partial charge in [-0.1, -0.05) is 0 Å². The van der Waals surface area contributed by atoms with Crippen molar-refractivity contribution in [1.82, 2.24) is 14.8 Å². The molecular weight excluding hydrogens is 331 g/mol. The van der Waals surface area contributed by atoms with Gasteiger partial charge in [0.1, 0.15) is 11.3 Å². The monoisotopic (exact) mass is 342 g/mol. The lowest BCUT2D eigenvalue weighted by molar-refractivity contribution is -0.142. The Kier molecular flexibility index (Phi) is 3.86. The van der Waals surface area contributed by atoms with Crippen LogP contribution in [-0.2, 0) is 19.8 Å². The van der Waals surface area contributed by atoms with Crippen molar-refractivity contribution in [2.75, 3.05) is 5.32 Å². The zero-order valence-corrected chi connectivity index (χ0v) is 12.3. The van der Waals surface area contributed by atoms with Crippen molar-refractivity contribution < 1.29 is 22.0 Å². The van der Waals surface area contributed by atoms with E-state index in [-0.39, 0.29) is 28.7 Å². The van der Waals surface area contributed by atoms with Crippen LogP contribution in [0.4, 0.5) is 27.6 Å². The number of benzene rings is 1. The van der Waals surface area contributed by atoms with E-state index < -0.39 is 23.5 Å². The highest BCUT2D eigenvalue weighted by molar-refractivity contribution is 5.91. The van der Waals surface area contributed by atoms with Gasteiger partial charge in [-0.25, -0.2) is 8.78 Å². The molecule has 1 N–H and O–H groups in total. The van der Waals surface area contributed by atoms with Crippen LogP contribution in [0.5, 0.6) is 0 Å². The van der Waals surface area contributed by atoms with Crippen LogP contribution in [0.2, 0.25) is 0 Å². The zero-order valence-electron chi connectivity index (χ0n) is 12.3. The Balaban J connectivity index is 1.95. The molecule has 4 nitrogen and oxygen atoms in total. The molecule has 0 aliphatic rings. The van der Waals surface area contributed by atoms with E-state index in [2.05, 4.69) is 15.4 Å². The smallest absolute Gasteiger partial charge is 0.380 e. The van der Waals surface area contributed by atoms with Gasteiger partial charge in [0, 0.05) is 48.7 Å². The molecule has 0 amide bonds. The lowest BCUT2D eigenvalue weighted by atomic mass is 10.1. The number of rotatable bonds is 3. The number of nitrogens with zero attached hydrogens (tertiary/aromatic N) is 3. The molecular formula is C15H11F5N4. The number of anilines is 1. The summed E-state index contributed by atoms with van der Waals surface area (Å²) in [6.45, 7) is -0.208. The van der Waals surface area contributed by atoms with Crippen LogP contribution in [0.15, 0.2) is 30.6 Å². The van der Waals surface area contributed by atoms with Crippen molar-refractivity contribution in [3.8, 4) is 0 Å². The van der Waals surface area contributed by atoms with E-state index in [1.165, 1.54) is 25.5 Å². The first-order valence-electron chi connectivity index (χ1n) is 6.83. The normalized spacial score (nSPS) is 11.9. The maximum atomic E-state index is 13.7. The summed E-state index contributed by atoms with van der Waals surface area (Å²) in [5, 5.41) is 6.31. The van der Waals surface area contributed by atoms with Crippen LogP contribution in [0, 0.1) is 11.6 Å². The second kappa shape index (κ2) is 5.73. The van der Waals surface area contributed by atoms with Crippen molar-refractivity contribution in [3.63, 3.8) is 0 Å². The maximum absolute atomic E-state index is 13.7. The summed E-state index contributed by atoms with van der Waals surface area (Å²) in [6.07, 6.45) is -2.06. The third-order valence-electron chi connectivity index (χ3n) is 3.41. The molecule has 1 aromatic carbocycles. The highest BCUT2D eigenvalue weighted by Crippen LogP contribution is 2.31. The van der Waals surface area contributed by atoms with Crippen LogP contribution in [0.1, 0.15) is 11.3 Å². The van der Waals surface area contributed by atoms with Gasteiger partial charge < -0.3 is 5.32 Å². The van der Waals surface area contributed by atoms with Crippen LogP contribution >= 0.6 is 0 Å². The van der Waals surface area contributed by atoms with Gasteiger partial charge in [-0.05, 0) is 12.1 Å². The lowest BCUT2D eigenvalue weighted by Crippen LogP contribution is -2.11. The maximum Gasteiger partial charge on any atom is 0.435 e. The number of pyridine rings is 1. The highest BCUT2D eigenvalue weighted by Gasteiger charge is 2.36. The van der Waals surface area contributed by atoms with Gasteiger partial charge in [-0.2, -0.15) is 18.3 Å². The molecule has 0 aliphatic heterocycles. The Labute approximate surface area is 132 Å². The molecule has 24 heavy (non-hydrogen) atoms. The van der Waals surface area contributed by atoms with Crippen molar-refractivity contribution in [3.05, 3.63) is 53.5 Å². The fourth-order valence-electron chi connectivity index (χ4n) is 2.43. The van der Waals surface area contributed by atoms with Gasteiger partial charge in [-0.15, -0.1) is 0 Å². The van der Waals surface area contributed by atoms with Crippen LogP contribution in [-0.4, -0.2) is 14.8 Å². The lowest BCUT2D eigenvalue weighted by Gasteiger charge is -2.11. The molecule has 126 valence electrons. The largest absolute Gasteiger partial charge is 0.435 e. The first kappa shape index (κ1) is 16.2. The van der Waals surface area contributed by atoms with E-state index in [0.29, 0.717) is 6.07 Å². The Bertz CT molecular complexity index is 901. The van der Waals surface area contributed by atoms with E-state index in [1.54, 1.807) is 0 Å². The van der Waals surface area contributed by atoms with Gasteiger partial charge in [0.05, 0.1) is 0 Å². The summed E-state index contributed by atoms with van der Waals surface area (Å²) in [5.41, 5.74) is -0.876.